The van der Waals surface area contributed by atoms with Crippen LogP contribution in [-0.2, 0) is 11.2 Å². The smallest absolute Gasteiger partial charge is 0.244 e. The summed E-state index contributed by atoms with van der Waals surface area (Å²) < 4.78 is 5.21. The molecule has 1 aromatic carbocycles. The molecule has 0 aliphatic carbocycles. The van der Waals surface area contributed by atoms with Gasteiger partial charge in [-0.3, -0.25) is 4.79 Å². The first kappa shape index (κ1) is 13.9. The quantitative estimate of drug-likeness (QED) is 0.787. The molecule has 5 heteroatoms. The number of aromatic nitrogens is 2. The third kappa shape index (κ3) is 3.98. The monoisotopic (exact) mass is 271 g/mol. The Kier molecular flexibility index (Phi) is 4.94. The van der Waals surface area contributed by atoms with Crippen molar-refractivity contribution in [2.75, 3.05) is 13.7 Å². The van der Waals surface area contributed by atoms with Gasteiger partial charge in [-0.15, -0.1) is 0 Å². The van der Waals surface area contributed by atoms with Crippen LogP contribution in [0.1, 0.15) is 11.3 Å². The van der Waals surface area contributed by atoms with Crippen LogP contribution in [0.25, 0.3) is 6.08 Å². The van der Waals surface area contributed by atoms with Gasteiger partial charge in [0.15, 0.2) is 0 Å². The van der Waals surface area contributed by atoms with Gasteiger partial charge in [0.2, 0.25) is 5.91 Å². The van der Waals surface area contributed by atoms with Crippen molar-refractivity contribution >= 4 is 12.0 Å². The minimum absolute atomic E-state index is 0.129. The summed E-state index contributed by atoms with van der Waals surface area (Å²) in [5.74, 6) is 0.615. The number of benzene rings is 1. The summed E-state index contributed by atoms with van der Waals surface area (Å²) in [5, 5.41) is 2.81. The Morgan fingerprint density at radius 1 is 1.45 bits per heavy atom. The molecule has 0 saturated heterocycles. The molecule has 0 radical (unpaired) electrons. The Labute approximate surface area is 117 Å². The number of nitrogens with zero attached hydrogens (tertiary/aromatic N) is 1. The van der Waals surface area contributed by atoms with Gasteiger partial charge in [-0.25, -0.2) is 4.98 Å². The zero-order valence-electron chi connectivity index (χ0n) is 11.3. The molecule has 1 heterocycles. The van der Waals surface area contributed by atoms with Crippen molar-refractivity contribution in [2.24, 2.45) is 0 Å². The van der Waals surface area contributed by atoms with E-state index >= 15 is 0 Å². The van der Waals surface area contributed by atoms with Crippen LogP contribution in [0.2, 0.25) is 0 Å². The van der Waals surface area contributed by atoms with E-state index < -0.39 is 0 Å². The van der Waals surface area contributed by atoms with Crippen molar-refractivity contribution in [1.82, 2.24) is 15.3 Å². The van der Waals surface area contributed by atoms with Crippen LogP contribution >= 0.6 is 0 Å². The molecule has 0 unspecified atom stereocenters. The molecule has 0 atom stereocenters. The molecule has 1 amide bonds. The second-order valence-electron chi connectivity index (χ2n) is 4.19. The van der Waals surface area contributed by atoms with E-state index in [-0.39, 0.29) is 5.91 Å². The Morgan fingerprint density at radius 3 is 3.05 bits per heavy atom. The number of aromatic amines is 1. The molecule has 2 aromatic rings. The minimum Gasteiger partial charge on any atom is -0.496 e. The van der Waals surface area contributed by atoms with Crippen LogP contribution in [-0.4, -0.2) is 29.5 Å². The number of hydrogen-bond acceptors (Lipinski definition) is 3. The summed E-state index contributed by atoms with van der Waals surface area (Å²) in [5.41, 5.74) is 1.87. The van der Waals surface area contributed by atoms with Gasteiger partial charge in [-0.05, 0) is 12.1 Å². The summed E-state index contributed by atoms with van der Waals surface area (Å²) in [4.78, 5) is 18.6. The highest BCUT2D eigenvalue weighted by atomic mass is 16.5. The second kappa shape index (κ2) is 7.13. The second-order valence-corrected chi connectivity index (χ2v) is 4.19. The maximum absolute atomic E-state index is 11.7. The summed E-state index contributed by atoms with van der Waals surface area (Å²) in [7, 11) is 1.61. The van der Waals surface area contributed by atoms with E-state index in [4.69, 9.17) is 4.74 Å². The van der Waals surface area contributed by atoms with Gasteiger partial charge in [0, 0.05) is 36.5 Å². The summed E-state index contributed by atoms with van der Waals surface area (Å²) in [6, 6.07) is 7.54. The van der Waals surface area contributed by atoms with Crippen LogP contribution < -0.4 is 10.1 Å². The molecule has 0 saturated carbocycles. The van der Waals surface area contributed by atoms with E-state index in [0.29, 0.717) is 6.54 Å². The molecule has 104 valence electrons. The van der Waals surface area contributed by atoms with Gasteiger partial charge in [-0.2, -0.15) is 0 Å². The lowest BCUT2D eigenvalue weighted by molar-refractivity contribution is -0.116. The number of H-pyrrole nitrogens is 1. The van der Waals surface area contributed by atoms with E-state index in [1.165, 1.54) is 6.08 Å². The summed E-state index contributed by atoms with van der Waals surface area (Å²) in [6.07, 6.45) is 7.35. The van der Waals surface area contributed by atoms with Crippen molar-refractivity contribution in [1.29, 1.82) is 0 Å². The standard InChI is InChI=1S/C15H17N3O2/c1-20-14-5-3-2-4-12(14)6-7-15(19)17-9-8-13-10-16-11-18-13/h2-7,10-11H,8-9H2,1H3,(H,16,18)(H,17,19). The topological polar surface area (TPSA) is 67.0 Å². The third-order valence-corrected chi connectivity index (χ3v) is 2.80. The number of methoxy groups -OCH3 is 1. The van der Waals surface area contributed by atoms with Crippen LogP contribution in [0, 0.1) is 0 Å². The maximum atomic E-state index is 11.7. The molecule has 1 aromatic heterocycles. The van der Waals surface area contributed by atoms with E-state index in [9.17, 15) is 4.79 Å². The predicted octanol–water partition coefficient (Wildman–Crippen LogP) is 1.79. The van der Waals surface area contributed by atoms with Gasteiger partial charge in [0.1, 0.15) is 5.75 Å². The van der Waals surface area contributed by atoms with Gasteiger partial charge < -0.3 is 15.0 Å². The normalized spacial score (nSPS) is 10.7. The van der Waals surface area contributed by atoms with Crippen molar-refractivity contribution in [2.45, 2.75) is 6.42 Å². The molecule has 2 rings (SSSR count). The zero-order chi connectivity index (χ0) is 14.2. The van der Waals surface area contributed by atoms with Crippen LogP contribution in [0.4, 0.5) is 0 Å². The minimum atomic E-state index is -0.129. The number of carbonyl (C=O) groups is 1. The summed E-state index contributed by atoms with van der Waals surface area (Å²) in [6.45, 7) is 0.567. The number of ether oxygens (including phenoxy) is 1. The fraction of sp³-hybridized carbons (Fsp3) is 0.200. The van der Waals surface area contributed by atoms with Crippen LogP contribution in [0.5, 0.6) is 5.75 Å². The lowest BCUT2D eigenvalue weighted by Crippen LogP contribution is -2.23. The average Bonchev–Trinajstić information content (AvgIpc) is 2.98. The number of nitrogens with one attached hydrogen (secondary N) is 2. The third-order valence-electron chi connectivity index (χ3n) is 2.80. The molecular formula is C15H17N3O2. The number of para-hydroxylation sites is 1. The highest BCUT2D eigenvalue weighted by Crippen LogP contribution is 2.18. The predicted molar refractivity (Wildman–Crippen MR) is 77.3 cm³/mol. The molecule has 0 spiro atoms. The van der Waals surface area contributed by atoms with Crippen molar-refractivity contribution in [3.8, 4) is 5.75 Å². The number of imidazole rings is 1. The van der Waals surface area contributed by atoms with E-state index in [1.807, 2.05) is 24.3 Å². The number of hydrogen-bond donors (Lipinski definition) is 2. The molecule has 2 N–H and O–H groups in total. The van der Waals surface area contributed by atoms with Gasteiger partial charge in [-0.1, -0.05) is 18.2 Å². The lowest BCUT2D eigenvalue weighted by Gasteiger charge is -2.03. The first-order chi connectivity index (χ1) is 9.79. The lowest BCUT2D eigenvalue weighted by atomic mass is 10.2. The van der Waals surface area contributed by atoms with Crippen molar-refractivity contribution in [3.05, 3.63) is 54.1 Å². The molecule has 0 fully saturated rings. The SMILES string of the molecule is COc1ccccc1C=CC(=O)NCCc1cnc[nH]1. The van der Waals surface area contributed by atoms with Crippen LogP contribution in [0.15, 0.2) is 42.9 Å². The van der Waals surface area contributed by atoms with Crippen molar-refractivity contribution < 1.29 is 9.53 Å². The highest BCUT2D eigenvalue weighted by Gasteiger charge is 2.00. The summed E-state index contributed by atoms with van der Waals surface area (Å²) >= 11 is 0. The maximum Gasteiger partial charge on any atom is 0.244 e. The van der Waals surface area contributed by atoms with Crippen molar-refractivity contribution in [3.63, 3.8) is 0 Å². The molecule has 0 aliphatic rings. The van der Waals surface area contributed by atoms with Gasteiger partial charge in [0.05, 0.1) is 13.4 Å². The van der Waals surface area contributed by atoms with Gasteiger partial charge in [0.25, 0.3) is 0 Å². The number of rotatable bonds is 6. The number of amides is 1. The zero-order valence-corrected chi connectivity index (χ0v) is 11.3. The van der Waals surface area contributed by atoms with Gasteiger partial charge >= 0.3 is 0 Å². The largest absolute Gasteiger partial charge is 0.496 e. The fourth-order valence-corrected chi connectivity index (χ4v) is 1.77. The first-order valence-electron chi connectivity index (χ1n) is 6.36. The molecule has 5 nitrogen and oxygen atoms in total. The number of carbonyl (C=O) groups excluding carboxylic acids is 1. The first-order valence-corrected chi connectivity index (χ1v) is 6.36. The Bertz CT molecular complexity index is 577. The van der Waals surface area contributed by atoms with Crippen LogP contribution in [0.3, 0.4) is 0 Å². The molecule has 0 aliphatic heterocycles. The fourth-order valence-electron chi connectivity index (χ4n) is 1.77. The van der Waals surface area contributed by atoms with E-state index in [0.717, 1.165) is 23.4 Å². The average molecular weight is 271 g/mol. The van der Waals surface area contributed by atoms with E-state index in [2.05, 4.69) is 15.3 Å². The Balaban J connectivity index is 1.83. The molecule has 0 bridgehead atoms. The van der Waals surface area contributed by atoms with E-state index in [1.54, 1.807) is 25.7 Å². The highest BCUT2D eigenvalue weighted by molar-refractivity contribution is 5.92. The molecule has 20 heavy (non-hydrogen) atoms. The Morgan fingerprint density at radius 2 is 2.30 bits per heavy atom. The Hall–Kier alpha value is -2.56. The molecular weight excluding hydrogens is 254 g/mol.